The first-order valence-corrected chi connectivity index (χ1v) is 3.75. The molecule has 0 aromatic heterocycles. The molecule has 14 heavy (non-hydrogen) atoms. The van der Waals surface area contributed by atoms with E-state index in [4.69, 9.17) is 10.2 Å². The van der Waals surface area contributed by atoms with E-state index in [9.17, 15) is 14.0 Å². The van der Waals surface area contributed by atoms with E-state index in [2.05, 4.69) is 0 Å². The molecule has 1 aromatic carbocycles. The van der Waals surface area contributed by atoms with Crippen LogP contribution in [0.5, 0.6) is 0 Å². The second-order valence-corrected chi connectivity index (χ2v) is 2.64. The number of carboxylic acid groups (broad SMARTS) is 2. The minimum absolute atomic E-state index is 0.299. The van der Waals surface area contributed by atoms with Crippen LogP contribution in [0.3, 0.4) is 0 Å². The second kappa shape index (κ2) is 3.87. The Kier molecular flexibility index (Phi) is 2.81. The monoisotopic (exact) mass is 198 g/mol. The molecular formula is C9H7FO4. The van der Waals surface area contributed by atoms with Gasteiger partial charge in [0.05, 0.1) is 12.0 Å². The van der Waals surface area contributed by atoms with Gasteiger partial charge in [-0.25, -0.2) is 9.18 Å². The molecule has 0 fully saturated rings. The zero-order valence-electron chi connectivity index (χ0n) is 7.03. The van der Waals surface area contributed by atoms with Crippen LogP contribution in [0.1, 0.15) is 15.9 Å². The van der Waals surface area contributed by atoms with Gasteiger partial charge in [-0.3, -0.25) is 4.79 Å². The zero-order valence-corrected chi connectivity index (χ0v) is 7.03. The summed E-state index contributed by atoms with van der Waals surface area (Å²) in [5.41, 5.74) is -0.611. The maximum atomic E-state index is 13.0. The Labute approximate surface area is 78.6 Å². The highest BCUT2D eigenvalue weighted by molar-refractivity contribution is 5.90. The average Bonchev–Trinajstić information content (AvgIpc) is 2.07. The molecule has 0 atom stereocenters. The van der Waals surface area contributed by atoms with E-state index in [0.29, 0.717) is 0 Å². The maximum absolute atomic E-state index is 13.0. The van der Waals surface area contributed by atoms with Gasteiger partial charge in [0.2, 0.25) is 0 Å². The Morgan fingerprint density at radius 3 is 2.43 bits per heavy atom. The number of carboxylic acids is 2. The van der Waals surface area contributed by atoms with Gasteiger partial charge in [0.1, 0.15) is 5.82 Å². The summed E-state index contributed by atoms with van der Waals surface area (Å²) in [5.74, 6) is -3.41. The predicted molar refractivity (Wildman–Crippen MR) is 44.7 cm³/mol. The molecule has 1 aromatic rings. The highest BCUT2D eigenvalue weighted by Crippen LogP contribution is 2.14. The minimum atomic E-state index is -1.33. The van der Waals surface area contributed by atoms with Crippen molar-refractivity contribution in [2.75, 3.05) is 0 Å². The summed E-state index contributed by atoms with van der Waals surface area (Å²) >= 11 is 0. The Morgan fingerprint density at radius 2 is 1.93 bits per heavy atom. The number of carbonyl (C=O) groups is 2. The lowest BCUT2D eigenvalue weighted by atomic mass is 10.0. The summed E-state index contributed by atoms with van der Waals surface area (Å²) in [7, 11) is 0. The summed E-state index contributed by atoms with van der Waals surface area (Å²) in [6.07, 6.45) is -0.631. The van der Waals surface area contributed by atoms with Gasteiger partial charge in [0.25, 0.3) is 0 Å². The van der Waals surface area contributed by atoms with Gasteiger partial charge >= 0.3 is 11.9 Å². The lowest BCUT2D eigenvalue weighted by Gasteiger charge is -2.03. The van der Waals surface area contributed by atoms with E-state index in [1.807, 2.05) is 0 Å². The fraction of sp³-hybridized carbons (Fsp3) is 0.111. The summed E-state index contributed by atoms with van der Waals surface area (Å²) in [6.45, 7) is 0. The van der Waals surface area contributed by atoms with Crippen molar-refractivity contribution in [1.29, 1.82) is 0 Å². The lowest BCUT2D eigenvalue weighted by molar-refractivity contribution is -0.136. The third-order valence-corrected chi connectivity index (χ3v) is 1.68. The number of rotatable bonds is 3. The van der Waals surface area contributed by atoms with Crippen LogP contribution in [0, 0.1) is 5.82 Å². The molecule has 0 bridgehead atoms. The Morgan fingerprint density at radius 1 is 1.29 bits per heavy atom. The van der Waals surface area contributed by atoms with Crippen LogP contribution in [-0.2, 0) is 11.2 Å². The molecule has 2 N–H and O–H groups in total. The van der Waals surface area contributed by atoms with Gasteiger partial charge in [-0.2, -0.15) is 0 Å². The van der Waals surface area contributed by atoms with Crippen LogP contribution in [-0.4, -0.2) is 22.2 Å². The number of benzene rings is 1. The molecule has 0 spiro atoms. The Balaban J connectivity index is 3.22. The molecule has 4 nitrogen and oxygen atoms in total. The van der Waals surface area contributed by atoms with Crippen LogP contribution in [0.15, 0.2) is 18.2 Å². The van der Waals surface area contributed by atoms with Crippen LogP contribution in [0.2, 0.25) is 0 Å². The summed E-state index contributed by atoms with van der Waals surface area (Å²) < 4.78 is 13.0. The van der Waals surface area contributed by atoms with Crippen molar-refractivity contribution in [2.24, 2.45) is 0 Å². The molecular weight excluding hydrogens is 191 g/mol. The smallest absolute Gasteiger partial charge is 0.336 e. The van der Waals surface area contributed by atoms with Crippen LogP contribution < -0.4 is 0 Å². The van der Waals surface area contributed by atoms with E-state index in [1.54, 1.807) is 0 Å². The van der Waals surface area contributed by atoms with Gasteiger partial charge in [-0.15, -0.1) is 0 Å². The third-order valence-electron chi connectivity index (χ3n) is 1.68. The number of hydrogen-bond acceptors (Lipinski definition) is 2. The molecule has 0 saturated heterocycles. The Hall–Kier alpha value is -1.91. The highest BCUT2D eigenvalue weighted by atomic mass is 19.1. The van der Waals surface area contributed by atoms with Crippen LogP contribution >= 0.6 is 0 Å². The van der Waals surface area contributed by atoms with Gasteiger partial charge in [-0.1, -0.05) is 6.07 Å². The van der Waals surface area contributed by atoms with Crippen LogP contribution in [0.4, 0.5) is 4.39 Å². The molecule has 0 radical (unpaired) electrons. The van der Waals surface area contributed by atoms with Gasteiger partial charge in [0, 0.05) is 5.56 Å². The number of hydrogen-bond donors (Lipinski definition) is 2. The maximum Gasteiger partial charge on any atom is 0.336 e. The SMILES string of the molecule is O=C(O)Cc1c(F)cccc1C(=O)O. The summed E-state index contributed by atoms with van der Waals surface area (Å²) in [5, 5.41) is 17.1. The first-order chi connectivity index (χ1) is 6.52. The van der Waals surface area contributed by atoms with E-state index in [-0.39, 0.29) is 11.1 Å². The van der Waals surface area contributed by atoms with Crippen LogP contribution in [0.25, 0.3) is 0 Å². The zero-order chi connectivity index (χ0) is 10.7. The van der Waals surface area contributed by atoms with Crippen molar-refractivity contribution in [1.82, 2.24) is 0 Å². The molecule has 0 saturated carbocycles. The Bertz CT molecular complexity index is 386. The summed E-state index contributed by atoms with van der Waals surface area (Å²) in [4.78, 5) is 20.9. The van der Waals surface area contributed by atoms with E-state index >= 15 is 0 Å². The largest absolute Gasteiger partial charge is 0.481 e. The number of aliphatic carboxylic acids is 1. The molecule has 0 unspecified atom stereocenters. The molecule has 0 aliphatic carbocycles. The molecule has 0 amide bonds. The second-order valence-electron chi connectivity index (χ2n) is 2.64. The molecule has 1 rings (SSSR count). The van der Waals surface area contributed by atoms with Gasteiger partial charge < -0.3 is 10.2 Å². The predicted octanol–water partition coefficient (Wildman–Crippen LogP) is 1.15. The highest BCUT2D eigenvalue weighted by Gasteiger charge is 2.16. The van der Waals surface area contributed by atoms with Gasteiger partial charge in [-0.05, 0) is 12.1 Å². The van der Waals surface area contributed by atoms with Crippen molar-refractivity contribution < 1.29 is 24.2 Å². The number of aromatic carboxylic acids is 1. The first-order valence-electron chi connectivity index (χ1n) is 3.75. The third kappa shape index (κ3) is 2.07. The fourth-order valence-electron chi connectivity index (χ4n) is 1.09. The standard InChI is InChI=1S/C9H7FO4/c10-7-3-1-2-5(9(13)14)6(7)4-8(11)12/h1-3H,4H2,(H,11,12)(H,13,14). The van der Waals surface area contributed by atoms with Crippen molar-refractivity contribution in [2.45, 2.75) is 6.42 Å². The van der Waals surface area contributed by atoms with Gasteiger partial charge in [0.15, 0.2) is 0 Å². The van der Waals surface area contributed by atoms with Crippen molar-refractivity contribution >= 4 is 11.9 Å². The van der Waals surface area contributed by atoms with Crippen molar-refractivity contribution in [3.63, 3.8) is 0 Å². The van der Waals surface area contributed by atoms with E-state index in [0.717, 1.165) is 6.07 Å². The van der Waals surface area contributed by atoms with Crippen molar-refractivity contribution in [3.8, 4) is 0 Å². The van der Waals surface area contributed by atoms with E-state index < -0.39 is 24.2 Å². The molecule has 0 aliphatic heterocycles. The molecule has 0 aliphatic rings. The first kappa shape index (κ1) is 10.2. The topological polar surface area (TPSA) is 74.6 Å². The van der Waals surface area contributed by atoms with E-state index in [1.165, 1.54) is 12.1 Å². The minimum Gasteiger partial charge on any atom is -0.481 e. The lowest BCUT2D eigenvalue weighted by Crippen LogP contribution is -2.09. The average molecular weight is 198 g/mol. The number of halogens is 1. The molecule has 0 heterocycles. The summed E-state index contributed by atoms with van der Waals surface area (Å²) in [6, 6.07) is 3.43. The molecule has 74 valence electrons. The van der Waals surface area contributed by atoms with Crippen molar-refractivity contribution in [3.05, 3.63) is 35.1 Å². The fourth-order valence-corrected chi connectivity index (χ4v) is 1.09. The normalized spacial score (nSPS) is 9.79. The molecule has 5 heteroatoms. The quantitative estimate of drug-likeness (QED) is 0.763.